The van der Waals surface area contributed by atoms with Crippen LogP contribution in [0.3, 0.4) is 0 Å². The van der Waals surface area contributed by atoms with Crippen molar-refractivity contribution in [2.75, 3.05) is 18.4 Å². The van der Waals surface area contributed by atoms with Gasteiger partial charge in [-0.15, -0.1) is 0 Å². The highest BCUT2D eigenvalue weighted by molar-refractivity contribution is 5.93. The molecular formula is C20H28N4O3. The van der Waals surface area contributed by atoms with Crippen molar-refractivity contribution in [1.82, 2.24) is 15.4 Å². The summed E-state index contributed by atoms with van der Waals surface area (Å²) in [6, 6.07) is 11.1. The summed E-state index contributed by atoms with van der Waals surface area (Å²) in [5, 5.41) is 9.29. The molecule has 0 aliphatic heterocycles. The second-order valence-electron chi connectivity index (χ2n) is 6.50. The number of anilines is 1. The molecule has 7 heteroatoms. The molecule has 146 valence electrons. The summed E-state index contributed by atoms with van der Waals surface area (Å²) in [5.41, 5.74) is 1.01. The van der Waals surface area contributed by atoms with E-state index in [1.165, 1.54) is 0 Å². The molecule has 0 aliphatic carbocycles. The van der Waals surface area contributed by atoms with Gasteiger partial charge in [0, 0.05) is 19.2 Å². The van der Waals surface area contributed by atoms with Crippen molar-refractivity contribution in [2.24, 2.45) is 0 Å². The maximum absolute atomic E-state index is 12.6. The molecule has 7 nitrogen and oxygen atoms in total. The largest absolute Gasteiger partial charge is 0.360 e. The second kappa shape index (κ2) is 11.0. The molecule has 1 heterocycles. The van der Waals surface area contributed by atoms with Gasteiger partial charge in [0.1, 0.15) is 12.3 Å². The first-order valence-electron chi connectivity index (χ1n) is 9.38. The minimum atomic E-state index is -0.298. The highest BCUT2D eigenvalue weighted by Gasteiger charge is 2.17. The average molecular weight is 372 g/mol. The van der Waals surface area contributed by atoms with Crippen molar-refractivity contribution in [2.45, 2.75) is 46.1 Å². The lowest BCUT2D eigenvalue weighted by molar-refractivity contribution is -0.116. The lowest BCUT2D eigenvalue weighted by Crippen LogP contribution is -2.44. The van der Waals surface area contributed by atoms with Crippen LogP contribution in [0, 0.1) is 6.92 Å². The molecule has 2 N–H and O–H groups in total. The lowest BCUT2D eigenvalue weighted by Gasteiger charge is -2.22. The van der Waals surface area contributed by atoms with Gasteiger partial charge in [-0.1, -0.05) is 61.7 Å². The number of aromatic nitrogens is 1. The lowest BCUT2D eigenvalue weighted by atomic mass is 10.2. The highest BCUT2D eigenvalue weighted by Crippen LogP contribution is 2.08. The molecule has 1 aromatic heterocycles. The summed E-state index contributed by atoms with van der Waals surface area (Å²) in [5.74, 6) is 0.670. The van der Waals surface area contributed by atoms with E-state index in [0.717, 1.165) is 31.2 Å². The number of rotatable bonds is 10. The van der Waals surface area contributed by atoms with Gasteiger partial charge in [-0.3, -0.25) is 4.79 Å². The standard InChI is InChI=1S/C20H28N4O3/c1-3-4-5-9-12-24(15-19(25)22-18-13-16(2)27-23-18)20(26)21-14-17-10-7-6-8-11-17/h6-8,10-11,13H,3-5,9,12,14-15H2,1-2H3,(H,21,26)(H,22,23,25). The Bertz CT molecular complexity index is 715. The molecule has 2 aromatic rings. The Morgan fingerprint density at radius 1 is 1.15 bits per heavy atom. The van der Waals surface area contributed by atoms with E-state index in [0.29, 0.717) is 24.7 Å². The van der Waals surface area contributed by atoms with Crippen LogP contribution >= 0.6 is 0 Å². The van der Waals surface area contributed by atoms with Crippen molar-refractivity contribution in [3.8, 4) is 0 Å². The van der Waals surface area contributed by atoms with E-state index >= 15 is 0 Å². The van der Waals surface area contributed by atoms with Crippen LogP contribution in [0.1, 0.15) is 43.9 Å². The first-order chi connectivity index (χ1) is 13.1. The number of amides is 3. The molecule has 3 amide bonds. The molecule has 0 saturated carbocycles. The van der Waals surface area contributed by atoms with E-state index in [1.54, 1.807) is 17.9 Å². The number of benzene rings is 1. The number of nitrogens with zero attached hydrogens (tertiary/aromatic N) is 2. The number of hydrogen-bond donors (Lipinski definition) is 2. The molecule has 2 rings (SSSR count). The molecule has 0 atom stereocenters. The Labute approximate surface area is 160 Å². The Morgan fingerprint density at radius 3 is 2.59 bits per heavy atom. The first kappa shape index (κ1) is 20.5. The summed E-state index contributed by atoms with van der Waals surface area (Å²) in [6.07, 6.45) is 4.13. The zero-order chi connectivity index (χ0) is 19.5. The van der Waals surface area contributed by atoms with Crippen LogP contribution < -0.4 is 10.6 Å². The number of nitrogens with one attached hydrogen (secondary N) is 2. The van der Waals surface area contributed by atoms with Gasteiger partial charge in [0.25, 0.3) is 0 Å². The number of urea groups is 1. The molecule has 27 heavy (non-hydrogen) atoms. The molecule has 0 fully saturated rings. The predicted molar refractivity (Wildman–Crippen MR) is 104 cm³/mol. The first-order valence-corrected chi connectivity index (χ1v) is 9.38. The smallest absolute Gasteiger partial charge is 0.318 e. The van der Waals surface area contributed by atoms with Crippen LogP contribution in [-0.4, -0.2) is 35.1 Å². The van der Waals surface area contributed by atoms with E-state index in [9.17, 15) is 9.59 Å². The molecule has 0 aliphatic rings. The fourth-order valence-corrected chi connectivity index (χ4v) is 2.65. The second-order valence-corrected chi connectivity index (χ2v) is 6.50. The molecule has 1 aromatic carbocycles. The summed E-state index contributed by atoms with van der Waals surface area (Å²) in [7, 11) is 0. The van der Waals surface area contributed by atoms with Crippen LogP contribution in [0.4, 0.5) is 10.6 Å². The van der Waals surface area contributed by atoms with E-state index < -0.39 is 0 Å². The van der Waals surface area contributed by atoms with E-state index in [1.807, 2.05) is 30.3 Å². The van der Waals surface area contributed by atoms with E-state index in [4.69, 9.17) is 4.52 Å². The van der Waals surface area contributed by atoms with Crippen molar-refractivity contribution in [3.05, 3.63) is 47.7 Å². The summed E-state index contributed by atoms with van der Waals surface area (Å²) >= 11 is 0. The Morgan fingerprint density at radius 2 is 1.93 bits per heavy atom. The Balaban J connectivity index is 1.89. The van der Waals surface area contributed by atoms with E-state index in [2.05, 4.69) is 22.7 Å². The van der Waals surface area contributed by atoms with Gasteiger partial charge < -0.3 is 20.1 Å². The fraction of sp³-hybridized carbons (Fsp3) is 0.450. The molecule has 0 radical (unpaired) electrons. The zero-order valence-corrected chi connectivity index (χ0v) is 16.0. The van der Waals surface area contributed by atoms with Crippen molar-refractivity contribution >= 4 is 17.8 Å². The summed E-state index contributed by atoms with van der Waals surface area (Å²) in [6.45, 7) is 4.82. The van der Waals surface area contributed by atoms with Gasteiger partial charge in [-0.05, 0) is 18.9 Å². The average Bonchev–Trinajstić information content (AvgIpc) is 3.07. The summed E-state index contributed by atoms with van der Waals surface area (Å²) < 4.78 is 4.94. The Kier molecular flexibility index (Phi) is 8.35. The minimum absolute atomic E-state index is 0.0291. The normalized spacial score (nSPS) is 10.4. The molecule has 0 spiro atoms. The van der Waals surface area contributed by atoms with Gasteiger partial charge in [0.05, 0.1) is 0 Å². The third-order valence-corrected chi connectivity index (χ3v) is 4.09. The molecule has 0 bridgehead atoms. The fourth-order valence-electron chi connectivity index (χ4n) is 2.65. The maximum Gasteiger partial charge on any atom is 0.318 e. The summed E-state index contributed by atoms with van der Waals surface area (Å²) in [4.78, 5) is 26.4. The Hall–Kier alpha value is -2.83. The van der Waals surface area contributed by atoms with Gasteiger partial charge in [-0.2, -0.15) is 0 Å². The third-order valence-electron chi connectivity index (χ3n) is 4.09. The van der Waals surface area contributed by atoms with Crippen molar-refractivity contribution in [3.63, 3.8) is 0 Å². The molecule has 0 saturated heterocycles. The highest BCUT2D eigenvalue weighted by atomic mass is 16.5. The monoisotopic (exact) mass is 372 g/mol. The third kappa shape index (κ3) is 7.52. The number of carbonyl (C=O) groups excluding carboxylic acids is 2. The maximum atomic E-state index is 12.6. The topological polar surface area (TPSA) is 87.5 Å². The van der Waals surface area contributed by atoms with Crippen LogP contribution in [0.2, 0.25) is 0 Å². The van der Waals surface area contributed by atoms with Gasteiger partial charge in [-0.25, -0.2) is 4.79 Å². The quantitative estimate of drug-likeness (QED) is 0.622. The van der Waals surface area contributed by atoms with Crippen molar-refractivity contribution < 1.29 is 14.1 Å². The number of aryl methyl sites for hydroxylation is 1. The minimum Gasteiger partial charge on any atom is -0.360 e. The number of hydrogen-bond acceptors (Lipinski definition) is 4. The number of unbranched alkanes of at least 4 members (excludes halogenated alkanes) is 3. The van der Waals surface area contributed by atoms with Crippen LogP contribution in [0.15, 0.2) is 40.9 Å². The van der Waals surface area contributed by atoms with Gasteiger partial charge in [0.15, 0.2) is 5.82 Å². The SMILES string of the molecule is CCCCCCN(CC(=O)Nc1cc(C)on1)C(=O)NCc1ccccc1. The zero-order valence-electron chi connectivity index (χ0n) is 16.0. The van der Waals surface area contributed by atoms with Crippen LogP contribution in [0.25, 0.3) is 0 Å². The number of carbonyl (C=O) groups is 2. The van der Waals surface area contributed by atoms with Crippen molar-refractivity contribution in [1.29, 1.82) is 0 Å². The van der Waals surface area contributed by atoms with Crippen LogP contribution in [0.5, 0.6) is 0 Å². The molecule has 0 unspecified atom stereocenters. The van der Waals surface area contributed by atoms with Gasteiger partial charge >= 0.3 is 6.03 Å². The van der Waals surface area contributed by atoms with E-state index in [-0.39, 0.29) is 18.5 Å². The van der Waals surface area contributed by atoms with Crippen LogP contribution in [-0.2, 0) is 11.3 Å². The molecular weight excluding hydrogens is 344 g/mol. The van der Waals surface area contributed by atoms with Gasteiger partial charge in [0.2, 0.25) is 5.91 Å². The predicted octanol–water partition coefficient (Wildman–Crippen LogP) is 3.71.